The first-order valence-electron chi connectivity index (χ1n) is 20.2. The summed E-state index contributed by atoms with van der Waals surface area (Å²) < 4.78 is 9.00. The zero-order valence-electron chi connectivity index (χ0n) is 31.8. The van der Waals surface area contributed by atoms with Gasteiger partial charge in [-0.1, -0.05) is 146 Å². The summed E-state index contributed by atoms with van der Waals surface area (Å²) in [6.07, 6.45) is 9.07. The average molecular weight is 755 g/mol. The molecule has 11 aromatic rings. The number of aromatic nitrogens is 3. The van der Waals surface area contributed by atoms with Gasteiger partial charge in [-0.15, -0.1) is 0 Å². The lowest BCUT2D eigenvalue weighted by Gasteiger charge is -2.29. The molecule has 0 radical (unpaired) electrons. The Balaban J connectivity index is 0.931. The molecule has 1 aliphatic carbocycles. The van der Waals surface area contributed by atoms with Crippen molar-refractivity contribution < 1.29 is 4.42 Å². The first kappa shape index (κ1) is 32.3. The number of fused-ring (bicyclic) bond motifs is 14. The number of hydrogen-bond donors (Lipinski definition) is 0. The first-order valence-corrected chi connectivity index (χ1v) is 20.2. The molecule has 0 fully saturated rings. The Bertz CT molecular complexity index is 3590. The van der Waals surface area contributed by atoms with Crippen molar-refractivity contribution in [2.75, 3.05) is 4.90 Å². The van der Waals surface area contributed by atoms with Crippen molar-refractivity contribution in [3.8, 4) is 16.9 Å². The summed E-state index contributed by atoms with van der Waals surface area (Å²) in [5, 5.41) is 7.98. The molecule has 13 rings (SSSR count). The van der Waals surface area contributed by atoms with E-state index in [1.165, 1.54) is 44.2 Å². The Morgan fingerprint density at radius 3 is 2.14 bits per heavy atom. The van der Waals surface area contributed by atoms with Crippen LogP contribution < -0.4 is 4.90 Å². The lowest BCUT2D eigenvalue weighted by Crippen LogP contribution is -2.28. The highest BCUT2D eigenvalue weighted by molar-refractivity contribution is 6.29. The maximum Gasteiger partial charge on any atom is 0.246 e. The van der Waals surface area contributed by atoms with Gasteiger partial charge in [0.05, 0.1) is 34.4 Å². The van der Waals surface area contributed by atoms with Gasteiger partial charge in [-0.2, -0.15) is 0 Å². The molecule has 0 saturated carbocycles. The van der Waals surface area contributed by atoms with E-state index in [0.717, 1.165) is 60.6 Å². The molecule has 0 bridgehead atoms. The molecule has 0 saturated heterocycles. The zero-order chi connectivity index (χ0) is 38.6. The van der Waals surface area contributed by atoms with Gasteiger partial charge in [0.15, 0.2) is 0 Å². The van der Waals surface area contributed by atoms with Crippen molar-refractivity contribution in [2.45, 2.75) is 12.0 Å². The van der Waals surface area contributed by atoms with Crippen LogP contribution in [0.25, 0.3) is 88.1 Å². The number of para-hydroxylation sites is 3. The smallest absolute Gasteiger partial charge is 0.246 e. The van der Waals surface area contributed by atoms with E-state index < -0.39 is 0 Å². The molecule has 1 aliphatic heterocycles. The fourth-order valence-corrected chi connectivity index (χ4v) is 9.96. The number of allylic oxidation sites excluding steroid dienone is 2. The van der Waals surface area contributed by atoms with Crippen molar-refractivity contribution in [1.29, 1.82) is 0 Å². The second-order valence-electron chi connectivity index (χ2n) is 15.7. The van der Waals surface area contributed by atoms with Crippen molar-refractivity contribution >= 4 is 82.5 Å². The molecule has 3 aromatic heterocycles. The SMILES string of the molecule is C1=CC2C(C=C1c1ccc3c4ccccc4n(-c4cccc(-c5cnc6c(n5)oc5c7ccccc7c7ccccc7c65)c4)c3c1)c1ccccc1N2c1ccccc1. The van der Waals surface area contributed by atoms with Gasteiger partial charge >= 0.3 is 0 Å². The zero-order valence-corrected chi connectivity index (χ0v) is 31.8. The fourth-order valence-electron chi connectivity index (χ4n) is 9.96. The number of benzene rings is 8. The molecule has 5 heteroatoms. The summed E-state index contributed by atoms with van der Waals surface area (Å²) in [4.78, 5) is 12.7. The third kappa shape index (κ3) is 4.73. The van der Waals surface area contributed by atoms with Crippen molar-refractivity contribution in [3.63, 3.8) is 0 Å². The minimum Gasteiger partial charge on any atom is -0.436 e. The predicted octanol–water partition coefficient (Wildman–Crippen LogP) is 13.7. The topological polar surface area (TPSA) is 47.1 Å². The summed E-state index contributed by atoms with van der Waals surface area (Å²) in [6.45, 7) is 0. The van der Waals surface area contributed by atoms with Crippen LogP contribution in [0.4, 0.5) is 11.4 Å². The number of hydrogen-bond acceptors (Lipinski definition) is 4. The number of furan rings is 1. The highest BCUT2D eigenvalue weighted by atomic mass is 16.3. The van der Waals surface area contributed by atoms with Gasteiger partial charge in [0, 0.05) is 44.7 Å². The summed E-state index contributed by atoms with van der Waals surface area (Å²) in [6, 6.07) is 61.0. The van der Waals surface area contributed by atoms with E-state index in [-0.39, 0.29) is 12.0 Å². The molecular formula is C54H34N4O. The maximum atomic E-state index is 6.61. The van der Waals surface area contributed by atoms with Gasteiger partial charge in [-0.25, -0.2) is 9.97 Å². The largest absolute Gasteiger partial charge is 0.436 e. The highest BCUT2D eigenvalue weighted by Gasteiger charge is 2.38. The van der Waals surface area contributed by atoms with Gasteiger partial charge in [0.1, 0.15) is 11.1 Å². The molecule has 0 N–H and O–H groups in total. The molecule has 2 aliphatic rings. The van der Waals surface area contributed by atoms with Crippen LogP contribution in [0.5, 0.6) is 0 Å². The van der Waals surface area contributed by atoms with Crippen LogP contribution in [0.3, 0.4) is 0 Å². The van der Waals surface area contributed by atoms with Crippen molar-refractivity contribution in [2.24, 2.45) is 0 Å². The molecule has 276 valence electrons. The average Bonchev–Trinajstić information content (AvgIpc) is 3.97. The third-order valence-electron chi connectivity index (χ3n) is 12.6. The molecule has 0 amide bonds. The lowest BCUT2D eigenvalue weighted by atomic mass is 9.86. The molecule has 2 unspecified atom stereocenters. The van der Waals surface area contributed by atoms with Gasteiger partial charge in [-0.05, 0) is 75.3 Å². The van der Waals surface area contributed by atoms with Crippen LogP contribution in [-0.4, -0.2) is 20.6 Å². The molecule has 59 heavy (non-hydrogen) atoms. The van der Waals surface area contributed by atoms with Crippen LogP contribution in [0, 0.1) is 0 Å². The second-order valence-corrected chi connectivity index (χ2v) is 15.7. The standard InChI is InChI=1S/C54H34N4O/c1-2-14-36(15-3-1)57-48-24-11-9-20-41(48)45-30-33(26-28-49(45)57)34-25-27-42-40-19-8-10-23-47(40)58(50(42)31-34)37-16-12-13-35(29-37)46-32-55-52-51-43-21-6-4-17-38(43)39-18-5-7-22-44(39)53(51)59-54(52)56-46/h1-32,45,49H. The maximum absolute atomic E-state index is 6.61. The Morgan fingerprint density at radius 2 is 1.25 bits per heavy atom. The van der Waals surface area contributed by atoms with Crippen molar-refractivity contribution in [3.05, 3.63) is 205 Å². The fraction of sp³-hybridized carbons (Fsp3) is 0.0370. The first-order chi connectivity index (χ1) is 29.3. The van der Waals surface area contributed by atoms with E-state index in [2.05, 4.69) is 198 Å². The van der Waals surface area contributed by atoms with Crippen LogP contribution in [-0.2, 0) is 0 Å². The Kier molecular flexibility index (Phi) is 6.78. The monoisotopic (exact) mass is 754 g/mol. The number of anilines is 2. The van der Waals surface area contributed by atoms with E-state index in [4.69, 9.17) is 14.4 Å². The minimum atomic E-state index is 0.219. The molecule has 8 aromatic carbocycles. The van der Waals surface area contributed by atoms with Gasteiger partial charge in [0.2, 0.25) is 5.71 Å². The minimum absolute atomic E-state index is 0.219. The Morgan fingerprint density at radius 1 is 0.542 bits per heavy atom. The number of rotatable bonds is 4. The van der Waals surface area contributed by atoms with E-state index in [9.17, 15) is 0 Å². The van der Waals surface area contributed by atoms with E-state index in [1.54, 1.807) is 0 Å². The highest BCUT2D eigenvalue weighted by Crippen LogP contribution is 2.49. The van der Waals surface area contributed by atoms with E-state index >= 15 is 0 Å². The van der Waals surface area contributed by atoms with Crippen molar-refractivity contribution in [1.82, 2.24) is 14.5 Å². The van der Waals surface area contributed by atoms with Crippen LogP contribution in [0.1, 0.15) is 17.0 Å². The Hall–Kier alpha value is -7.76. The third-order valence-corrected chi connectivity index (χ3v) is 12.6. The van der Waals surface area contributed by atoms with Gasteiger partial charge in [-0.3, -0.25) is 0 Å². The summed E-state index contributed by atoms with van der Waals surface area (Å²) in [7, 11) is 0. The molecule has 5 nitrogen and oxygen atoms in total. The quantitative estimate of drug-likeness (QED) is 0.168. The van der Waals surface area contributed by atoms with Crippen LogP contribution in [0.15, 0.2) is 199 Å². The van der Waals surface area contributed by atoms with Crippen LogP contribution >= 0.6 is 0 Å². The summed E-state index contributed by atoms with van der Waals surface area (Å²) in [5.41, 5.74) is 13.5. The van der Waals surface area contributed by atoms with E-state index in [1.807, 2.05) is 6.20 Å². The van der Waals surface area contributed by atoms with Crippen LogP contribution in [0.2, 0.25) is 0 Å². The Labute approximate surface area is 339 Å². The lowest BCUT2D eigenvalue weighted by molar-refractivity contribution is 0.657. The van der Waals surface area contributed by atoms with Gasteiger partial charge < -0.3 is 13.9 Å². The normalized spacial score (nSPS) is 16.1. The predicted molar refractivity (Wildman–Crippen MR) is 243 cm³/mol. The molecule has 2 atom stereocenters. The number of nitrogens with zero attached hydrogens (tertiary/aromatic N) is 4. The molecular weight excluding hydrogens is 721 g/mol. The second kappa shape index (κ2) is 12.4. The molecule has 0 spiro atoms. The van der Waals surface area contributed by atoms with Gasteiger partial charge in [0.25, 0.3) is 0 Å². The summed E-state index contributed by atoms with van der Waals surface area (Å²) >= 11 is 0. The summed E-state index contributed by atoms with van der Waals surface area (Å²) in [5.74, 6) is 0.243. The molecule has 4 heterocycles. The van der Waals surface area contributed by atoms with E-state index in [0.29, 0.717) is 5.71 Å².